The van der Waals surface area contributed by atoms with Crippen molar-refractivity contribution in [3.05, 3.63) is 78.0 Å². The van der Waals surface area contributed by atoms with Crippen molar-refractivity contribution in [3.8, 4) is 0 Å². The summed E-state index contributed by atoms with van der Waals surface area (Å²) in [7, 11) is 0. The Labute approximate surface area is 177 Å². The van der Waals surface area contributed by atoms with Gasteiger partial charge in [0.25, 0.3) is 0 Å². The number of benzene rings is 2. The van der Waals surface area contributed by atoms with Gasteiger partial charge >= 0.3 is 6.03 Å². The average Bonchev–Trinajstić information content (AvgIpc) is 2.70. The first kappa shape index (κ1) is 20.9. The molecule has 150 valence electrons. The number of nitrogens with one attached hydrogen (secondary N) is 2. The molecule has 0 fully saturated rings. The topological polar surface area (TPSA) is 54.0 Å². The molecule has 0 aliphatic heterocycles. The lowest BCUT2D eigenvalue weighted by molar-refractivity contribution is 0.262. The lowest BCUT2D eigenvalue weighted by Gasteiger charge is -2.20. The number of carbonyl (C=O) groups excluding carboxylic acids is 1. The largest absolute Gasteiger partial charge is 0.323 e. The number of nitrogens with zero attached hydrogens (tertiary/aromatic N) is 1. The molecule has 3 aromatic rings. The molecule has 0 unspecified atom stereocenters. The Morgan fingerprint density at radius 1 is 0.828 bits per heavy atom. The second-order valence-corrected chi connectivity index (χ2v) is 8.59. The molecule has 0 aliphatic carbocycles. The maximum Gasteiger partial charge on any atom is 0.323 e. The van der Waals surface area contributed by atoms with Gasteiger partial charge in [-0.1, -0.05) is 63.7 Å². The zero-order valence-electron chi connectivity index (χ0n) is 17.3. The summed E-state index contributed by atoms with van der Waals surface area (Å²) in [6.07, 6.45) is 1.78. The van der Waals surface area contributed by atoms with Crippen LogP contribution in [0.15, 0.2) is 76.8 Å². The van der Waals surface area contributed by atoms with E-state index in [1.54, 1.807) is 18.0 Å². The van der Waals surface area contributed by atoms with E-state index in [9.17, 15) is 4.79 Å². The first-order chi connectivity index (χ1) is 13.9. The first-order valence-corrected chi connectivity index (χ1v) is 10.7. The molecule has 4 nitrogen and oxygen atoms in total. The number of urea groups is 1. The highest BCUT2D eigenvalue weighted by Gasteiger charge is 2.16. The van der Waals surface area contributed by atoms with Crippen LogP contribution in [0, 0.1) is 0 Å². The molecule has 0 spiro atoms. The second-order valence-electron chi connectivity index (χ2n) is 7.49. The van der Waals surface area contributed by atoms with E-state index in [-0.39, 0.29) is 6.03 Å². The minimum Gasteiger partial charge on any atom is -0.308 e. The number of anilines is 2. The molecule has 29 heavy (non-hydrogen) atoms. The normalized spacial score (nSPS) is 11.0. The fraction of sp³-hybridized carbons (Fsp3) is 0.250. The van der Waals surface area contributed by atoms with Crippen molar-refractivity contribution < 1.29 is 4.79 Å². The molecule has 0 saturated heterocycles. The number of para-hydroxylation sites is 1. The molecule has 0 bridgehead atoms. The van der Waals surface area contributed by atoms with Gasteiger partial charge in [-0.05, 0) is 59.4 Å². The van der Waals surface area contributed by atoms with E-state index in [0.717, 1.165) is 32.4 Å². The average molecular weight is 406 g/mol. The SMILES string of the molecule is CC(C)c1cccc(C(C)C)c1NC(=O)Nc1ccc(Sc2ccccn2)cc1. The minimum absolute atomic E-state index is 0.231. The summed E-state index contributed by atoms with van der Waals surface area (Å²) in [5.74, 6) is 0.652. The Kier molecular flexibility index (Phi) is 6.94. The Hall–Kier alpha value is -2.79. The van der Waals surface area contributed by atoms with Crippen LogP contribution >= 0.6 is 11.8 Å². The van der Waals surface area contributed by atoms with Crippen LogP contribution in [-0.2, 0) is 0 Å². The van der Waals surface area contributed by atoms with Crippen LogP contribution in [0.3, 0.4) is 0 Å². The zero-order valence-corrected chi connectivity index (χ0v) is 18.1. The van der Waals surface area contributed by atoms with Crippen molar-refractivity contribution in [2.75, 3.05) is 10.6 Å². The van der Waals surface area contributed by atoms with Gasteiger partial charge in [-0.2, -0.15) is 0 Å². The van der Waals surface area contributed by atoms with Crippen LogP contribution in [0.4, 0.5) is 16.2 Å². The summed E-state index contributed by atoms with van der Waals surface area (Å²) in [5, 5.41) is 6.96. The van der Waals surface area contributed by atoms with Gasteiger partial charge in [0.05, 0.1) is 0 Å². The molecule has 5 heteroatoms. The molecule has 2 amide bonds. The Morgan fingerprint density at radius 2 is 1.48 bits per heavy atom. The van der Waals surface area contributed by atoms with Gasteiger partial charge in [-0.15, -0.1) is 0 Å². The van der Waals surface area contributed by atoms with Crippen LogP contribution in [-0.4, -0.2) is 11.0 Å². The quantitative estimate of drug-likeness (QED) is 0.459. The van der Waals surface area contributed by atoms with Crippen LogP contribution < -0.4 is 10.6 Å². The number of amides is 2. The Bertz CT molecular complexity index is 927. The molecule has 1 heterocycles. The highest BCUT2D eigenvalue weighted by molar-refractivity contribution is 7.99. The predicted molar refractivity (Wildman–Crippen MR) is 122 cm³/mol. The number of hydrogen-bond donors (Lipinski definition) is 2. The Morgan fingerprint density at radius 3 is 2.03 bits per heavy atom. The monoisotopic (exact) mass is 405 g/mol. The molecule has 2 N–H and O–H groups in total. The summed E-state index contributed by atoms with van der Waals surface area (Å²) in [4.78, 5) is 18.1. The van der Waals surface area contributed by atoms with E-state index in [2.05, 4.69) is 61.5 Å². The van der Waals surface area contributed by atoms with E-state index >= 15 is 0 Å². The van der Waals surface area contributed by atoms with Crippen LogP contribution in [0.25, 0.3) is 0 Å². The van der Waals surface area contributed by atoms with Crippen LogP contribution in [0.5, 0.6) is 0 Å². The van der Waals surface area contributed by atoms with E-state index in [1.807, 2.05) is 42.5 Å². The first-order valence-electron chi connectivity index (χ1n) is 9.83. The fourth-order valence-corrected chi connectivity index (χ4v) is 3.88. The molecule has 2 aromatic carbocycles. The molecule has 0 aliphatic rings. The van der Waals surface area contributed by atoms with Crippen LogP contribution in [0.1, 0.15) is 50.7 Å². The summed E-state index contributed by atoms with van der Waals surface area (Å²) in [6.45, 7) is 8.56. The number of pyridine rings is 1. The fourth-order valence-electron chi connectivity index (χ4n) is 3.11. The third-order valence-electron chi connectivity index (χ3n) is 4.58. The Balaban J connectivity index is 1.70. The number of rotatable bonds is 6. The van der Waals surface area contributed by atoms with Gasteiger partial charge in [-0.3, -0.25) is 0 Å². The third-order valence-corrected chi connectivity index (χ3v) is 5.54. The lowest BCUT2D eigenvalue weighted by Crippen LogP contribution is -2.21. The van der Waals surface area contributed by atoms with Crippen LogP contribution in [0.2, 0.25) is 0 Å². The minimum atomic E-state index is -0.231. The van der Waals surface area contributed by atoms with E-state index in [4.69, 9.17) is 0 Å². The molecular formula is C24H27N3OS. The van der Waals surface area contributed by atoms with E-state index < -0.39 is 0 Å². The van der Waals surface area contributed by atoms with Crippen molar-refractivity contribution in [2.45, 2.75) is 49.5 Å². The van der Waals surface area contributed by atoms with Gasteiger partial charge < -0.3 is 10.6 Å². The van der Waals surface area contributed by atoms with Gasteiger partial charge in [0.15, 0.2) is 0 Å². The second kappa shape index (κ2) is 9.61. The standard InChI is InChI=1S/C24H27N3OS/c1-16(2)20-8-7-9-21(17(3)4)23(20)27-24(28)26-18-11-13-19(14-12-18)29-22-10-5-6-15-25-22/h5-17H,1-4H3,(H2,26,27,28). The maximum atomic E-state index is 12.7. The maximum absolute atomic E-state index is 12.7. The molecule has 3 rings (SSSR count). The highest BCUT2D eigenvalue weighted by Crippen LogP contribution is 2.32. The molecule has 1 aromatic heterocycles. The van der Waals surface area contributed by atoms with Crippen molar-refractivity contribution in [1.29, 1.82) is 0 Å². The molecule has 0 radical (unpaired) electrons. The number of carbonyl (C=O) groups is 1. The third kappa shape index (κ3) is 5.61. The van der Waals surface area contributed by atoms with Gasteiger partial charge in [0.2, 0.25) is 0 Å². The molecule has 0 saturated carbocycles. The number of aromatic nitrogens is 1. The predicted octanol–water partition coefficient (Wildman–Crippen LogP) is 7.12. The van der Waals surface area contributed by atoms with Crippen molar-refractivity contribution in [1.82, 2.24) is 4.98 Å². The zero-order chi connectivity index (χ0) is 20.8. The van der Waals surface area contributed by atoms with E-state index in [0.29, 0.717) is 11.8 Å². The molecule has 0 atom stereocenters. The summed E-state index contributed by atoms with van der Waals surface area (Å²) < 4.78 is 0. The smallest absolute Gasteiger partial charge is 0.308 e. The lowest BCUT2D eigenvalue weighted by atomic mass is 9.93. The molecular weight excluding hydrogens is 378 g/mol. The summed E-state index contributed by atoms with van der Waals surface area (Å²) in [5.41, 5.74) is 3.96. The van der Waals surface area contributed by atoms with Gasteiger partial charge in [0.1, 0.15) is 5.03 Å². The van der Waals surface area contributed by atoms with Crippen molar-refractivity contribution in [3.63, 3.8) is 0 Å². The highest BCUT2D eigenvalue weighted by atomic mass is 32.2. The van der Waals surface area contributed by atoms with Crippen molar-refractivity contribution in [2.24, 2.45) is 0 Å². The van der Waals surface area contributed by atoms with Crippen molar-refractivity contribution >= 4 is 29.2 Å². The number of hydrogen-bond acceptors (Lipinski definition) is 3. The van der Waals surface area contributed by atoms with E-state index in [1.165, 1.54) is 0 Å². The summed E-state index contributed by atoms with van der Waals surface area (Å²) in [6, 6.07) is 19.6. The van der Waals surface area contributed by atoms with Gasteiger partial charge in [-0.25, -0.2) is 9.78 Å². The summed E-state index contributed by atoms with van der Waals surface area (Å²) >= 11 is 1.59. The van der Waals surface area contributed by atoms with Gasteiger partial charge in [0, 0.05) is 22.5 Å².